The van der Waals surface area contributed by atoms with Gasteiger partial charge in [-0.2, -0.15) is 0 Å². The van der Waals surface area contributed by atoms with E-state index in [1.54, 1.807) is 0 Å². The summed E-state index contributed by atoms with van der Waals surface area (Å²) in [6.07, 6.45) is 3.86. The van der Waals surface area contributed by atoms with Crippen LogP contribution in [0.1, 0.15) is 50.9 Å². The molecule has 0 radical (unpaired) electrons. The van der Waals surface area contributed by atoms with Gasteiger partial charge in [0.1, 0.15) is 5.00 Å². The number of hydrogen-bond acceptors (Lipinski definition) is 6. The first-order valence-corrected chi connectivity index (χ1v) is 14.2. The molecular weight excluding hydrogens is 516 g/mol. The molecule has 6 nitrogen and oxygen atoms in total. The molecule has 5 rings (SSSR count). The first kappa shape index (κ1) is 26.0. The summed E-state index contributed by atoms with van der Waals surface area (Å²) in [5.74, 6) is -0.792. The number of aryl methyl sites for hydroxylation is 1. The van der Waals surface area contributed by atoms with Gasteiger partial charge in [-0.25, -0.2) is 4.79 Å². The van der Waals surface area contributed by atoms with Crippen LogP contribution in [0.4, 0.5) is 10.7 Å². The van der Waals surface area contributed by atoms with Crippen LogP contribution in [-0.2, 0) is 22.4 Å². The zero-order valence-corrected chi connectivity index (χ0v) is 22.8. The summed E-state index contributed by atoms with van der Waals surface area (Å²) >= 11 is 2.87. The molecule has 0 bridgehead atoms. The number of carbonyl (C=O) groups excluding carboxylic acids is 3. The molecule has 1 aromatic heterocycles. The average molecular weight is 545 g/mol. The van der Waals surface area contributed by atoms with Gasteiger partial charge in [-0.1, -0.05) is 36.4 Å². The molecule has 1 atom stereocenters. The fourth-order valence-electron chi connectivity index (χ4n) is 4.62. The second kappa shape index (κ2) is 11.4. The van der Waals surface area contributed by atoms with Gasteiger partial charge in [0.15, 0.2) is 0 Å². The van der Waals surface area contributed by atoms with Crippen molar-refractivity contribution in [2.45, 2.75) is 42.8 Å². The Labute approximate surface area is 229 Å². The van der Waals surface area contributed by atoms with E-state index in [9.17, 15) is 14.4 Å². The van der Waals surface area contributed by atoms with Crippen molar-refractivity contribution in [1.82, 2.24) is 0 Å². The van der Waals surface area contributed by atoms with Crippen molar-refractivity contribution in [3.05, 3.63) is 88.3 Å². The monoisotopic (exact) mass is 544 g/mol. The van der Waals surface area contributed by atoms with Gasteiger partial charge in [0, 0.05) is 21.0 Å². The highest BCUT2D eigenvalue weighted by Gasteiger charge is 2.28. The molecule has 0 aliphatic heterocycles. The highest BCUT2D eigenvalue weighted by Crippen LogP contribution is 2.39. The van der Waals surface area contributed by atoms with Crippen LogP contribution in [0.15, 0.2) is 71.6 Å². The molecule has 0 saturated carbocycles. The van der Waals surface area contributed by atoms with Gasteiger partial charge in [0.25, 0.3) is 5.91 Å². The number of carbonyl (C=O) groups is 3. The topological polar surface area (TPSA) is 84.5 Å². The van der Waals surface area contributed by atoms with E-state index in [-0.39, 0.29) is 11.8 Å². The Balaban J connectivity index is 1.26. The highest BCUT2D eigenvalue weighted by atomic mass is 32.2. The first-order valence-electron chi connectivity index (χ1n) is 12.5. The lowest BCUT2D eigenvalue weighted by Gasteiger charge is -2.14. The summed E-state index contributed by atoms with van der Waals surface area (Å²) in [6.45, 7) is 1.83. The quantitative estimate of drug-likeness (QED) is 0.195. The molecule has 1 aliphatic rings. The van der Waals surface area contributed by atoms with Crippen molar-refractivity contribution in [2.75, 3.05) is 17.7 Å². The van der Waals surface area contributed by atoms with Gasteiger partial charge >= 0.3 is 5.97 Å². The number of benzene rings is 3. The largest absolute Gasteiger partial charge is 0.465 e. The Morgan fingerprint density at radius 3 is 2.53 bits per heavy atom. The lowest BCUT2D eigenvalue weighted by molar-refractivity contribution is -0.115. The maximum absolute atomic E-state index is 13.1. The normalized spacial score (nSPS) is 13.4. The number of methoxy groups -OCH3 is 1. The SMILES string of the molecule is COC(=O)c1c(NC(=O)C(C)Sc2cccc(NC(=O)c3ccc4ccccc4c3)c2)sc2c1CCCC2. The van der Waals surface area contributed by atoms with Crippen LogP contribution in [0.5, 0.6) is 0 Å². The van der Waals surface area contributed by atoms with E-state index in [2.05, 4.69) is 10.6 Å². The summed E-state index contributed by atoms with van der Waals surface area (Å²) in [5.41, 5.74) is 2.74. The molecule has 0 saturated heterocycles. The average Bonchev–Trinajstić information content (AvgIpc) is 3.30. The molecule has 8 heteroatoms. The van der Waals surface area contributed by atoms with Crippen LogP contribution in [0.2, 0.25) is 0 Å². The molecular formula is C30H28N2O4S2. The first-order chi connectivity index (χ1) is 18.4. The number of rotatable bonds is 7. The van der Waals surface area contributed by atoms with Gasteiger partial charge in [-0.3, -0.25) is 9.59 Å². The number of nitrogens with one attached hydrogen (secondary N) is 2. The lowest BCUT2D eigenvalue weighted by Crippen LogP contribution is -2.23. The Morgan fingerprint density at radius 1 is 0.921 bits per heavy atom. The number of thiophene rings is 1. The number of esters is 1. The number of amides is 2. The Hall–Kier alpha value is -3.62. The van der Waals surface area contributed by atoms with Crippen LogP contribution in [0.3, 0.4) is 0 Å². The maximum atomic E-state index is 13.1. The predicted molar refractivity (Wildman–Crippen MR) is 155 cm³/mol. The third-order valence-electron chi connectivity index (χ3n) is 6.58. The Bertz CT molecular complexity index is 1530. The van der Waals surface area contributed by atoms with Gasteiger partial charge in [-0.05, 0) is 79.3 Å². The van der Waals surface area contributed by atoms with Crippen molar-refractivity contribution in [2.24, 2.45) is 0 Å². The number of anilines is 2. The van der Waals surface area contributed by atoms with Gasteiger partial charge < -0.3 is 15.4 Å². The number of hydrogen-bond donors (Lipinski definition) is 2. The minimum atomic E-state index is -0.425. The molecule has 2 N–H and O–H groups in total. The third kappa shape index (κ3) is 5.61. The minimum absolute atomic E-state index is 0.190. The lowest BCUT2D eigenvalue weighted by atomic mass is 9.95. The predicted octanol–water partition coefficient (Wildman–Crippen LogP) is 6.94. The summed E-state index contributed by atoms with van der Waals surface area (Å²) < 4.78 is 5.01. The smallest absolute Gasteiger partial charge is 0.341 e. The Kier molecular flexibility index (Phi) is 7.81. The van der Waals surface area contributed by atoms with Crippen molar-refractivity contribution in [3.8, 4) is 0 Å². The van der Waals surface area contributed by atoms with Crippen molar-refractivity contribution < 1.29 is 19.1 Å². The zero-order valence-electron chi connectivity index (χ0n) is 21.2. The summed E-state index contributed by atoms with van der Waals surface area (Å²) in [5, 5.41) is 8.16. The van der Waals surface area contributed by atoms with Crippen LogP contribution >= 0.6 is 23.1 Å². The van der Waals surface area contributed by atoms with E-state index in [0.29, 0.717) is 21.8 Å². The Morgan fingerprint density at radius 2 is 1.71 bits per heavy atom. The van der Waals surface area contributed by atoms with E-state index in [0.717, 1.165) is 51.8 Å². The fourth-order valence-corrected chi connectivity index (χ4v) is 6.83. The minimum Gasteiger partial charge on any atom is -0.465 e. The molecule has 1 unspecified atom stereocenters. The van der Waals surface area contributed by atoms with E-state index < -0.39 is 11.2 Å². The molecule has 0 fully saturated rings. The van der Waals surface area contributed by atoms with Gasteiger partial charge in [0.05, 0.1) is 17.9 Å². The molecule has 1 aliphatic carbocycles. The molecule has 3 aromatic carbocycles. The summed E-state index contributed by atoms with van der Waals surface area (Å²) in [7, 11) is 1.37. The van der Waals surface area contributed by atoms with Crippen LogP contribution in [-0.4, -0.2) is 30.1 Å². The second-order valence-corrected chi connectivity index (χ2v) is 11.7. The van der Waals surface area contributed by atoms with E-state index in [1.165, 1.54) is 30.2 Å². The van der Waals surface area contributed by atoms with Crippen LogP contribution < -0.4 is 10.6 Å². The number of ether oxygens (including phenoxy) is 1. The molecule has 4 aromatic rings. The van der Waals surface area contributed by atoms with Crippen LogP contribution in [0.25, 0.3) is 10.8 Å². The molecule has 38 heavy (non-hydrogen) atoms. The highest BCUT2D eigenvalue weighted by molar-refractivity contribution is 8.00. The second-order valence-electron chi connectivity index (χ2n) is 9.20. The molecule has 2 amide bonds. The summed E-state index contributed by atoms with van der Waals surface area (Å²) in [4.78, 5) is 40.5. The van der Waals surface area contributed by atoms with Crippen LogP contribution in [0, 0.1) is 0 Å². The molecule has 194 valence electrons. The molecule has 0 spiro atoms. The zero-order chi connectivity index (χ0) is 26.6. The van der Waals surface area contributed by atoms with Crippen molar-refractivity contribution in [1.29, 1.82) is 0 Å². The van der Waals surface area contributed by atoms with Crippen molar-refractivity contribution >= 4 is 62.3 Å². The third-order valence-corrected chi connectivity index (χ3v) is 8.88. The van der Waals surface area contributed by atoms with E-state index in [4.69, 9.17) is 4.74 Å². The van der Waals surface area contributed by atoms with E-state index >= 15 is 0 Å². The number of fused-ring (bicyclic) bond motifs is 2. The van der Waals surface area contributed by atoms with Gasteiger partial charge in [0.2, 0.25) is 5.91 Å². The number of thioether (sulfide) groups is 1. The van der Waals surface area contributed by atoms with E-state index in [1.807, 2.05) is 73.7 Å². The molecule has 1 heterocycles. The standard InChI is InChI=1S/C30H28N2O4S2/c1-18(27(33)32-29-26(30(35)36-2)24-12-5-6-13-25(24)38-29)37-23-11-7-10-22(17-23)31-28(34)21-15-14-19-8-3-4-9-20(19)16-21/h3-4,7-11,14-18H,5-6,12-13H2,1-2H3,(H,31,34)(H,32,33). The van der Waals surface area contributed by atoms with Gasteiger partial charge in [-0.15, -0.1) is 23.1 Å². The van der Waals surface area contributed by atoms with Crippen molar-refractivity contribution in [3.63, 3.8) is 0 Å². The fraction of sp³-hybridized carbons (Fsp3) is 0.233. The summed E-state index contributed by atoms with van der Waals surface area (Å²) in [6, 6.07) is 21.0. The maximum Gasteiger partial charge on any atom is 0.341 e.